The molecule has 2 rings (SSSR count). The quantitative estimate of drug-likeness (QED) is 0.723. The maximum atomic E-state index is 12.9. The number of unbranched alkanes of at least 4 members (excludes halogenated alkanes) is 1. The normalized spacial score (nSPS) is 15.1. The Morgan fingerprint density at radius 2 is 1.77 bits per heavy atom. The molecule has 0 N–H and O–H groups in total. The first-order chi connectivity index (χ1) is 12.3. The van der Waals surface area contributed by atoms with Crippen LogP contribution in [0.25, 0.3) is 0 Å². The Labute approximate surface area is 154 Å². The van der Waals surface area contributed by atoms with Crippen molar-refractivity contribution in [1.82, 2.24) is 14.7 Å². The third-order valence-corrected chi connectivity index (χ3v) is 4.85. The number of hydrogen-bond acceptors (Lipinski definition) is 4. The van der Waals surface area contributed by atoms with Gasteiger partial charge in [0.1, 0.15) is 5.41 Å². The highest BCUT2D eigenvalue weighted by molar-refractivity contribution is 6.04. The van der Waals surface area contributed by atoms with Crippen molar-refractivity contribution in [3.05, 3.63) is 24.2 Å². The molecule has 1 aromatic heterocycles. The minimum atomic E-state index is -1.10. The summed E-state index contributed by atoms with van der Waals surface area (Å²) in [4.78, 5) is 42.9. The third kappa shape index (κ3) is 4.26. The molecular weight excluding hydrogens is 334 g/mol. The minimum Gasteiger partial charge on any atom is -0.459 e. The van der Waals surface area contributed by atoms with Crippen LogP contribution in [-0.2, 0) is 9.59 Å². The van der Waals surface area contributed by atoms with E-state index in [1.807, 2.05) is 0 Å². The van der Waals surface area contributed by atoms with Gasteiger partial charge in [0.15, 0.2) is 5.76 Å². The first-order valence-corrected chi connectivity index (χ1v) is 9.16. The predicted molar refractivity (Wildman–Crippen MR) is 97.5 cm³/mol. The second-order valence-electron chi connectivity index (χ2n) is 7.27. The van der Waals surface area contributed by atoms with Gasteiger partial charge in [-0.25, -0.2) is 0 Å². The fourth-order valence-corrected chi connectivity index (χ4v) is 3.13. The Bertz CT molecular complexity index is 631. The van der Waals surface area contributed by atoms with Crippen molar-refractivity contribution in [2.24, 2.45) is 5.41 Å². The molecule has 0 unspecified atom stereocenters. The number of nitrogens with zero attached hydrogens (tertiary/aromatic N) is 3. The van der Waals surface area contributed by atoms with Crippen LogP contribution in [0.4, 0.5) is 0 Å². The average molecular weight is 363 g/mol. The summed E-state index contributed by atoms with van der Waals surface area (Å²) in [6, 6.07) is 3.31. The summed E-state index contributed by atoms with van der Waals surface area (Å²) in [5.41, 5.74) is -1.10. The Hall–Kier alpha value is -2.31. The number of carbonyl (C=O) groups is 3. The van der Waals surface area contributed by atoms with E-state index in [1.165, 1.54) is 6.26 Å². The maximum Gasteiger partial charge on any atom is 0.289 e. The lowest BCUT2D eigenvalue weighted by Gasteiger charge is -2.38. The molecule has 1 saturated heterocycles. The van der Waals surface area contributed by atoms with E-state index < -0.39 is 5.41 Å². The van der Waals surface area contributed by atoms with Crippen LogP contribution in [0.1, 0.15) is 44.2 Å². The zero-order valence-corrected chi connectivity index (χ0v) is 16.2. The van der Waals surface area contributed by atoms with Crippen molar-refractivity contribution in [3.8, 4) is 0 Å². The van der Waals surface area contributed by atoms with Crippen LogP contribution in [0.15, 0.2) is 22.8 Å². The van der Waals surface area contributed by atoms with Crippen molar-refractivity contribution in [3.63, 3.8) is 0 Å². The zero-order valence-electron chi connectivity index (χ0n) is 16.2. The molecule has 1 aromatic rings. The molecule has 26 heavy (non-hydrogen) atoms. The van der Waals surface area contributed by atoms with Gasteiger partial charge < -0.3 is 19.1 Å². The Morgan fingerprint density at radius 3 is 2.31 bits per heavy atom. The van der Waals surface area contributed by atoms with Gasteiger partial charge in [-0.05, 0) is 32.4 Å². The number of hydrogen-bond donors (Lipinski definition) is 0. The van der Waals surface area contributed by atoms with Crippen molar-refractivity contribution in [1.29, 1.82) is 0 Å². The number of furan rings is 1. The molecule has 1 aliphatic heterocycles. The molecule has 0 aromatic carbocycles. The topological polar surface area (TPSA) is 74.1 Å². The highest BCUT2D eigenvalue weighted by atomic mass is 16.3. The van der Waals surface area contributed by atoms with Crippen LogP contribution in [0, 0.1) is 5.41 Å². The van der Waals surface area contributed by atoms with E-state index in [0.717, 1.165) is 12.8 Å². The first-order valence-electron chi connectivity index (χ1n) is 9.16. The molecule has 0 radical (unpaired) electrons. The minimum absolute atomic E-state index is 0.162. The highest BCUT2D eigenvalue weighted by Crippen LogP contribution is 2.23. The van der Waals surface area contributed by atoms with E-state index in [2.05, 4.69) is 6.92 Å². The fraction of sp³-hybridized carbons (Fsp3) is 0.632. The van der Waals surface area contributed by atoms with E-state index in [9.17, 15) is 14.4 Å². The number of amides is 3. The monoisotopic (exact) mass is 363 g/mol. The Balaban J connectivity index is 1.94. The Kier molecular flexibility index (Phi) is 6.45. The van der Waals surface area contributed by atoms with Crippen LogP contribution in [0.3, 0.4) is 0 Å². The van der Waals surface area contributed by atoms with Gasteiger partial charge in [-0.3, -0.25) is 14.4 Å². The van der Waals surface area contributed by atoms with Gasteiger partial charge in [-0.1, -0.05) is 13.3 Å². The SMILES string of the molecule is CCCCN(C)C(=O)C(C)(C)C(=O)N1CCN(C(=O)c2ccco2)CC1. The van der Waals surface area contributed by atoms with Crippen molar-refractivity contribution in [2.45, 2.75) is 33.6 Å². The summed E-state index contributed by atoms with van der Waals surface area (Å²) in [5.74, 6) is -0.212. The van der Waals surface area contributed by atoms with Crippen LogP contribution >= 0.6 is 0 Å². The molecule has 0 saturated carbocycles. The molecule has 1 fully saturated rings. The smallest absolute Gasteiger partial charge is 0.289 e. The molecule has 7 heteroatoms. The molecule has 2 heterocycles. The van der Waals surface area contributed by atoms with Crippen LogP contribution in [0.2, 0.25) is 0 Å². The lowest BCUT2D eigenvalue weighted by atomic mass is 9.89. The van der Waals surface area contributed by atoms with Crippen molar-refractivity contribution < 1.29 is 18.8 Å². The van der Waals surface area contributed by atoms with E-state index >= 15 is 0 Å². The Morgan fingerprint density at radius 1 is 1.15 bits per heavy atom. The zero-order chi connectivity index (χ0) is 19.3. The third-order valence-electron chi connectivity index (χ3n) is 4.85. The molecule has 0 bridgehead atoms. The van der Waals surface area contributed by atoms with E-state index in [1.54, 1.807) is 47.7 Å². The number of carbonyl (C=O) groups excluding carboxylic acids is 3. The van der Waals surface area contributed by atoms with Crippen LogP contribution < -0.4 is 0 Å². The van der Waals surface area contributed by atoms with Crippen LogP contribution in [0.5, 0.6) is 0 Å². The largest absolute Gasteiger partial charge is 0.459 e. The summed E-state index contributed by atoms with van der Waals surface area (Å²) in [6.07, 6.45) is 3.38. The van der Waals surface area contributed by atoms with Crippen LogP contribution in [-0.4, -0.2) is 72.2 Å². The van der Waals surface area contributed by atoms with Gasteiger partial charge in [0, 0.05) is 39.8 Å². The van der Waals surface area contributed by atoms with E-state index in [-0.39, 0.29) is 17.7 Å². The van der Waals surface area contributed by atoms with Gasteiger partial charge in [0.25, 0.3) is 5.91 Å². The van der Waals surface area contributed by atoms with Gasteiger partial charge >= 0.3 is 0 Å². The van der Waals surface area contributed by atoms with Gasteiger partial charge in [0.2, 0.25) is 11.8 Å². The van der Waals surface area contributed by atoms with E-state index in [4.69, 9.17) is 4.42 Å². The van der Waals surface area contributed by atoms with Gasteiger partial charge in [0.05, 0.1) is 6.26 Å². The second kappa shape index (κ2) is 8.38. The van der Waals surface area contributed by atoms with Gasteiger partial charge in [-0.15, -0.1) is 0 Å². The number of piperazine rings is 1. The highest BCUT2D eigenvalue weighted by Gasteiger charge is 2.41. The predicted octanol–water partition coefficient (Wildman–Crippen LogP) is 1.85. The van der Waals surface area contributed by atoms with E-state index in [0.29, 0.717) is 38.5 Å². The molecular formula is C19H29N3O4. The van der Waals surface area contributed by atoms with Gasteiger partial charge in [-0.2, -0.15) is 0 Å². The summed E-state index contributed by atoms with van der Waals surface area (Å²) in [7, 11) is 1.74. The molecule has 144 valence electrons. The standard InChI is InChI=1S/C19H29N3O4/c1-5-6-9-20(4)17(24)19(2,3)18(25)22-12-10-21(11-13-22)16(23)15-8-7-14-26-15/h7-8,14H,5-6,9-13H2,1-4H3. The molecule has 0 aliphatic carbocycles. The molecule has 3 amide bonds. The first kappa shape index (κ1) is 20.0. The maximum absolute atomic E-state index is 12.9. The molecule has 1 aliphatic rings. The summed E-state index contributed by atoms with van der Waals surface area (Å²) in [6.45, 7) is 7.78. The molecule has 0 spiro atoms. The van der Waals surface area contributed by atoms with Crippen molar-refractivity contribution >= 4 is 17.7 Å². The summed E-state index contributed by atoms with van der Waals surface area (Å²) < 4.78 is 5.15. The summed E-state index contributed by atoms with van der Waals surface area (Å²) >= 11 is 0. The average Bonchev–Trinajstić information content (AvgIpc) is 3.19. The molecule has 0 atom stereocenters. The lowest BCUT2D eigenvalue weighted by Crippen LogP contribution is -2.56. The molecule has 7 nitrogen and oxygen atoms in total. The van der Waals surface area contributed by atoms with Crippen molar-refractivity contribution in [2.75, 3.05) is 39.8 Å². The fourth-order valence-electron chi connectivity index (χ4n) is 3.13. The second-order valence-corrected chi connectivity index (χ2v) is 7.27. The number of rotatable bonds is 6. The lowest BCUT2D eigenvalue weighted by molar-refractivity contribution is -0.154. The summed E-state index contributed by atoms with van der Waals surface area (Å²) in [5, 5.41) is 0.